The summed E-state index contributed by atoms with van der Waals surface area (Å²) >= 11 is 0. The fourth-order valence-corrected chi connectivity index (χ4v) is 2.23. The molecule has 0 saturated carbocycles. The maximum atomic E-state index is 14.0. The second-order valence-electron chi connectivity index (χ2n) is 4.82. The van der Waals surface area contributed by atoms with Crippen LogP contribution in [0.15, 0.2) is 18.2 Å². The zero-order valence-corrected chi connectivity index (χ0v) is 12.0. The van der Waals surface area contributed by atoms with E-state index in [-0.39, 0.29) is 23.9 Å². The minimum Gasteiger partial charge on any atom is -0.494 e. The Morgan fingerprint density at radius 1 is 1.37 bits per heavy atom. The average Bonchev–Trinajstić information content (AvgIpc) is 2.42. The molecule has 0 N–H and O–H groups in total. The molecule has 3 heteroatoms. The number of ether oxygens (including phenoxy) is 1. The molecule has 0 heterocycles. The lowest BCUT2D eigenvalue weighted by Gasteiger charge is -2.14. The number of ketones is 1. The van der Waals surface area contributed by atoms with Crippen LogP contribution in [0.2, 0.25) is 0 Å². The van der Waals surface area contributed by atoms with Gasteiger partial charge in [-0.2, -0.15) is 0 Å². The first-order valence-electron chi connectivity index (χ1n) is 6.98. The van der Waals surface area contributed by atoms with E-state index in [4.69, 9.17) is 4.74 Å². The molecule has 0 amide bonds. The molecule has 0 fully saturated rings. The molecule has 0 aliphatic rings. The SMILES string of the molecule is CCCCC(CC)C(=O)Cc1cccc(OC)c1F. The third-order valence-corrected chi connectivity index (χ3v) is 3.48. The van der Waals surface area contributed by atoms with Gasteiger partial charge in [0.15, 0.2) is 11.6 Å². The monoisotopic (exact) mass is 266 g/mol. The molecule has 1 aromatic carbocycles. The first kappa shape index (κ1) is 15.7. The molecule has 1 atom stereocenters. The molecule has 0 saturated heterocycles. The Morgan fingerprint density at radius 2 is 2.11 bits per heavy atom. The number of Topliss-reactive ketones (excluding diaryl/α,β-unsaturated/α-hetero) is 1. The fourth-order valence-electron chi connectivity index (χ4n) is 2.23. The van der Waals surface area contributed by atoms with Crippen LogP contribution in [-0.2, 0) is 11.2 Å². The van der Waals surface area contributed by atoms with Gasteiger partial charge in [0.25, 0.3) is 0 Å². The number of carbonyl (C=O) groups excluding carboxylic acids is 1. The molecule has 0 aliphatic carbocycles. The molecule has 0 aromatic heterocycles. The normalized spacial score (nSPS) is 12.2. The van der Waals surface area contributed by atoms with E-state index in [1.165, 1.54) is 7.11 Å². The summed E-state index contributed by atoms with van der Waals surface area (Å²) in [5.41, 5.74) is 0.430. The van der Waals surface area contributed by atoms with Gasteiger partial charge in [0.2, 0.25) is 0 Å². The average molecular weight is 266 g/mol. The third kappa shape index (κ3) is 4.34. The van der Waals surface area contributed by atoms with Crippen LogP contribution in [0.25, 0.3) is 0 Å². The topological polar surface area (TPSA) is 26.3 Å². The minimum atomic E-state index is -0.413. The van der Waals surface area contributed by atoms with Crippen molar-refractivity contribution in [3.8, 4) is 5.75 Å². The summed E-state index contributed by atoms with van der Waals surface area (Å²) in [4.78, 5) is 12.2. The third-order valence-electron chi connectivity index (χ3n) is 3.48. The van der Waals surface area contributed by atoms with E-state index in [0.717, 1.165) is 25.7 Å². The van der Waals surface area contributed by atoms with Crippen molar-refractivity contribution in [2.45, 2.75) is 46.0 Å². The van der Waals surface area contributed by atoms with Crippen molar-refractivity contribution < 1.29 is 13.9 Å². The summed E-state index contributed by atoms with van der Waals surface area (Å²) in [5, 5.41) is 0. The van der Waals surface area contributed by atoms with Gasteiger partial charge in [-0.1, -0.05) is 38.8 Å². The van der Waals surface area contributed by atoms with Crippen molar-refractivity contribution in [2.75, 3.05) is 7.11 Å². The molecule has 1 unspecified atom stereocenters. The van der Waals surface area contributed by atoms with Gasteiger partial charge in [-0.15, -0.1) is 0 Å². The highest BCUT2D eigenvalue weighted by Crippen LogP contribution is 2.23. The van der Waals surface area contributed by atoms with Crippen molar-refractivity contribution in [2.24, 2.45) is 5.92 Å². The van der Waals surface area contributed by atoms with Crippen LogP contribution < -0.4 is 4.74 Å². The van der Waals surface area contributed by atoms with Crippen molar-refractivity contribution in [1.82, 2.24) is 0 Å². The van der Waals surface area contributed by atoms with E-state index in [0.29, 0.717) is 5.56 Å². The number of hydrogen-bond acceptors (Lipinski definition) is 2. The molecule has 0 spiro atoms. The van der Waals surface area contributed by atoms with Crippen LogP contribution in [0.3, 0.4) is 0 Å². The van der Waals surface area contributed by atoms with Gasteiger partial charge >= 0.3 is 0 Å². The molecule has 106 valence electrons. The number of hydrogen-bond donors (Lipinski definition) is 0. The Balaban J connectivity index is 2.75. The predicted octanol–water partition coefficient (Wildman–Crippen LogP) is 4.16. The Kier molecular flexibility index (Phi) is 6.54. The van der Waals surface area contributed by atoms with E-state index in [9.17, 15) is 9.18 Å². The second kappa shape index (κ2) is 7.93. The van der Waals surface area contributed by atoms with Crippen LogP contribution in [-0.4, -0.2) is 12.9 Å². The van der Waals surface area contributed by atoms with Crippen molar-refractivity contribution >= 4 is 5.78 Å². The van der Waals surface area contributed by atoms with Crippen LogP contribution in [0.5, 0.6) is 5.75 Å². The standard InChI is InChI=1S/C16H23FO2/c1-4-6-8-12(5-2)14(18)11-13-9-7-10-15(19-3)16(13)17/h7,9-10,12H,4-6,8,11H2,1-3H3. The molecule has 0 aliphatic heterocycles. The van der Waals surface area contributed by atoms with Gasteiger partial charge < -0.3 is 4.74 Å². The molecule has 19 heavy (non-hydrogen) atoms. The summed E-state index contributed by atoms with van der Waals surface area (Å²) in [6.45, 7) is 4.12. The van der Waals surface area contributed by atoms with Gasteiger partial charge in [0.05, 0.1) is 7.11 Å². The number of unbranched alkanes of at least 4 members (excludes halogenated alkanes) is 1. The molecule has 0 radical (unpaired) electrons. The van der Waals surface area contributed by atoms with Crippen LogP contribution >= 0.6 is 0 Å². The van der Waals surface area contributed by atoms with Crippen LogP contribution in [0.4, 0.5) is 4.39 Å². The van der Waals surface area contributed by atoms with Gasteiger partial charge in [-0.25, -0.2) is 4.39 Å². The number of carbonyl (C=O) groups is 1. The Bertz CT molecular complexity index is 415. The number of halogens is 1. The number of rotatable bonds is 8. The molecule has 1 rings (SSSR count). The van der Waals surface area contributed by atoms with Gasteiger partial charge in [0, 0.05) is 12.3 Å². The van der Waals surface area contributed by atoms with E-state index in [1.54, 1.807) is 18.2 Å². The zero-order chi connectivity index (χ0) is 14.3. The molecule has 1 aromatic rings. The van der Waals surface area contributed by atoms with E-state index >= 15 is 0 Å². The van der Waals surface area contributed by atoms with Crippen LogP contribution in [0, 0.1) is 11.7 Å². The van der Waals surface area contributed by atoms with Crippen molar-refractivity contribution in [3.05, 3.63) is 29.6 Å². The Morgan fingerprint density at radius 3 is 2.68 bits per heavy atom. The predicted molar refractivity (Wildman–Crippen MR) is 75.0 cm³/mol. The smallest absolute Gasteiger partial charge is 0.168 e. The molecule has 0 bridgehead atoms. The summed E-state index contributed by atoms with van der Waals surface area (Å²) in [7, 11) is 1.43. The Hall–Kier alpha value is -1.38. The van der Waals surface area contributed by atoms with Gasteiger partial charge in [-0.3, -0.25) is 4.79 Å². The molecular weight excluding hydrogens is 243 g/mol. The van der Waals surface area contributed by atoms with Crippen LogP contribution in [0.1, 0.15) is 45.1 Å². The highest BCUT2D eigenvalue weighted by atomic mass is 19.1. The quantitative estimate of drug-likeness (QED) is 0.706. The lowest BCUT2D eigenvalue weighted by Crippen LogP contribution is -2.17. The maximum absolute atomic E-state index is 14.0. The minimum absolute atomic E-state index is 0.0468. The first-order chi connectivity index (χ1) is 9.13. The summed E-state index contributed by atoms with van der Waals surface area (Å²) < 4.78 is 18.9. The van der Waals surface area contributed by atoms with Gasteiger partial charge in [-0.05, 0) is 24.5 Å². The first-order valence-corrected chi connectivity index (χ1v) is 6.98. The van der Waals surface area contributed by atoms with Crippen molar-refractivity contribution in [1.29, 1.82) is 0 Å². The van der Waals surface area contributed by atoms with Crippen molar-refractivity contribution in [3.63, 3.8) is 0 Å². The molecule has 2 nitrogen and oxygen atoms in total. The van der Waals surface area contributed by atoms with E-state index in [2.05, 4.69) is 6.92 Å². The Labute approximate surface area is 115 Å². The van der Waals surface area contributed by atoms with E-state index in [1.807, 2.05) is 6.92 Å². The number of benzene rings is 1. The summed E-state index contributed by atoms with van der Waals surface area (Å²) in [6, 6.07) is 4.94. The summed E-state index contributed by atoms with van der Waals surface area (Å²) in [5.74, 6) is -0.0377. The highest BCUT2D eigenvalue weighted by molar-refractivity contribution is 5.83. The number of methoxy groups -OCH3 is 1. The molecular formula is C16H23FO2. The maximum Gasteiger partial charge on any atom is 0.168 e. The fraction of sp³-hybridized carbons (Fsp3) is 0.562. The highest BCUT2D eigenvalue weighted by Gasteiger charge is 2.18. The lowest BCUT2D eigenvalue weighted by atomic mass is 9.91. The zero-order valence-electron chi connectivity index (χ0n) is 12.0. The van der Waals surface area contributed by atoms with E-state index < -0.39 is 5.82 Å². The lowest BCUT2D eigenvalue weighted by molar-refractivity contribution is -0.122. The van der Waals surface area contributed by atoms with Gasteiger partial charge in [0.1, 0.15) is 5.78 Å². The summed E-state index contributed by atoms with van der Waals surface area (Å²) in [6.07, 6.45) is 4.01. The largest absolute Gasteiger partial charge is 0.494 e. The second-order valence-corrected chi connectivity index (χ2v) is 4.82.